The fourth-order valence-corrected chi connectivity index (χ4v) is 16.7. The van der Waals surface area contributed by atoms with Crippen LogP contribution in [0.5, 0.6) is 34.5 Å². The van der Waals surface area contributed by atoms with E-state index in [0.717, 1.165) is 59.9 Å². The zero-order valence-electron chi connectivity index (χ0n) is 66.5. The second kappa shape index (κ2) is 32.9. The molecule has 6 aromatic carbocycles. The minimum atomic E-state index is -1.02. The largest absolute Gasteiger partial charge is 0.507 e. The molecule has 0 radical (unpaired) electrons. The van der Waals surface area contributed by atoms with Gasteiger partial charge < -0.3 is 44.7 Å². The summed E-state index contributed by atoms with van der Waals surface area (Å²) in [4.78, 5) is 40.7. The lowest BCUT2D eigenvalue weighted by molar-refractivity contribution is -0.142. The van der Waals surface area contributed by atoms with Gasteiger partial charge in [0.25, 0.3) is 5.91 Å². The fourth-order valence-electron chi connectivity index (χ4n) is 11.4. The maximum Gasteiger partial charge on any atom is 0.311 e. The maximum absolute atomic E-state index is 12.7. The normalized spacial score (nSPS) is 14.9. The topological polar surface area (TPSA) is 181 Å². The van der Waals surface area contributed by atoms with Crippen molar-refractivity contribution in [3.8, 4) is 34.5 Å². The van der Waals surface area contributed by atoms with Gasteiger partial charge >= 0.3 is 11.9 Å². The van der Waals surface area contributed by atoms with Crippen molar-refractivity contribution >= 4 is 82.2 Å². The number of carboxylic acids is 1. The standard InChI is InChI=1S/C35H52O5S2.C31H48O2S2.C19H18ClNO4/c1-31(2,3)23-17-21(18-24(29(23)39)32(4,5)6)41-35(13,14)42-22-19-25(33(7,8)9)30(26(20-22)34(10,11)12)40-28(38)16-15-27(36)37;1-27(2,3)21-15-19(16-22(25(21)32)28(4,5)6)34-31(13,14)35-20-17-23(29(7,8)9)26(33)24(18-20)30(10,11)12;1-23-15-9-14(10-16(11-15)24-2)21-19(22)18-8-7-17(25-18)12-3-5-13(20)6-4-12/h17-20,39H,15-16H2,1-14H3,(H,36,37);15-18,32-33H,1-14H3;3-11,17-18H,1-2H3,(H,21,22). The molecule has 1 amide bonds. The van der Waals surface area contributed by atoms with E-state index in [1.165, 1.54) is 9.79 Å². The highest BCUT2D eigenvalue weighted by atomic mass is 35.5. The number of carbonyl (C=O) groups excluding carboxylic acids is 2. The minimum absolute atomic E-state index is 0.155. The van der Waals surface area contributed by atoms with E-state index in [1.807, 2.05) is 41.7 Å². The van der Waals surface area contributed by atoms with Gasteiger partial charge in [0.15, 0.2) is 6.10 Å². The van der Waals surface area contributed by atoms with Crippen LogP contribution in [0.25, 0.3) is 0 Å². The first-order chi connectivity index (χ1) is 46.2. The van der Waals surface area contributed by atoms with Crippen LogP contribution in [-0.2, 0) is 62.4 Å². The van der Waals surface area contributed by atoms with E-state index in [0.29, 0.717) is 45.2 Å². The van der Waals surface area contributed by atoms with Crippen molar-refractivity contribution in [3.63, 3.8) is 0 Å². The first-order valence-electron chi connectivity index (χ1n) is 34.9. The zero-order chi connectivity index (χ0) is 77.8. The molecule has 0 fully saturated rings. The van der Waals surface area contributed by atoms with Crippen LogP contribution in [0.3, 0.4) is 0 Å². The molecule has 2 unspecified atom stereocenters. The van der Waals surface area contributed by atoms with E-state index in [4.69, 9.17) is 35.7 Å². The molecule has 0 aromatic heterocycles. The van der Waals surface area contributed by atoms with E-state index in [2.05, 4.69) is 248 Å². The Balaban J connectivity index is 0.000000283. The van der Waals surface area contributed by atoms with Gasteiger partial charge in [-0.25, -0.2) is 0 Å². The molecule has 0 bridgehead atoms. The van der Waals surface area contributed by atoms with Gasteiger partial charge in [-0.2, -0.15) is 0 Å². The van der Waals surface area contributed by atoms with Gasteiger partial charge in [0, 0.05) is 93.0 Å². The third-order valence-electron chi connectivity index (χ3n) is 16.8. The molecule has 0 aliphatic carbocycles. The summed E-state index contributed by atoms with van der Waals surface area (Å²) in [5.41, 5.74) is 7.50. The Labute approximate surface area is 633 Å². The van der Waals surface area contributed by atoms with E-state index < -0.39 is 18.0 Å². The monoisotopic (exact) mass is 1490 g/mol. The summed E-state index contributed by atoms with van der Waals surface area (Å²) >= 11 is 13.1. The molecule has 102 heavy (non-hydrogen) atoms. The quantitative estimate of drug-likeness (QED) is 0.0191. The summed E-state index contributed by atoms with van der Waals surface area (Å²) in [6, 6.07) is 29.6. The number of aliphatic carboxylic acids is 1. The highest BCUT2D eigenvalue weighted by molar-refractivity contribution is 8.18. The molecular weight excluding hydrogens is 1370 g/mol. The first-order valence-corrected chi connectivity index (χ1v) is 38.5. The van der Waals surface area contributed by atoms with Crippen LogP contribution in [0.1, 0.15) is 263 Å². The van der Waals surface area contributed by atoms with Gasteiger partial charge in [-0.05, 0) is 143 Å². The Morgan fingerprint density at radius 1 is 0.431 bits per heavy atom. The lowest BCUT2D eigenvalue weighted by Gasteiger charge is -2.32. The van der Waals surface area contributed by atoms with Crippen molar-refractivity contribution in [2.24, 2.45) is 0 Å². The average Bonchev–Trinajstić information content (AvgIpc) is 0.921. The average molecular weight is 1490 g/mol. The summed E-state index contributed by atoms with van der Waals surface area (Å²) in [6.07, 6.45) is 2.22. The number of aromatic hydroxyl groups is 3. The van der Waals surface area contributed by atoms with Crippen LogP contribution in [0.15, 0.2) is 123 Å². The third kappa shape index (κ3) is 24.6. The number of anilines is 1. The van der Waals surface area contributed by atoms with Gasteiger partial charge in [-0.3, -0.25) is 14.4 Å². The van der Waals surface area contributed by atoms with Crippen molar-refractivity contribution < 1.29 is 53.8 Å². The molecule has 12 nitrogen and oxygen atoms in total. The van der Waals surface area contributed by atoms with E-state index in [1.54, 1.807) is 74.2 Å². The lowest BCUT2D eigenvalue weighted by Crippen LogP contribution is -2.27. The number of ether oxygens (including phenoxy) is 4. The minimum Gasteiger partial charge on any atom is -0.507 e. The Bertz CT molecular complexity index is 3740. The number of carboxylic acid groups (broad SMARTS) is 1. The highest BCUT2D eigenvalue weighted by Crippen LogP contribution is 2.54. The number of benzene rings is 6. The molecule has 560 valence electrons. The Morgan fingerprint density at radius 2 is 0.725 bits per heavy atom. The number of carbonyl (C=O) groups is 3. The number of thioether (sulfide) groups is 4. The lowest BCUT2D eigenvalue weighted by atomic mass is 9.79. The van der Waals surface area contributed by atoms with Gasteiger partial charge in [-0.15, -0.1) is 47.0 Å². The summed E-state index contributed by atoms with van der Waals surface area (Å²) in [7, 11) is 3.11. The molecule has 5 N–H and O–H groups in total. The van der Waals surface area contributed by atoms with Crippen molar-refractivity contribution in [1.82, 2.24) is 0 Å². The van der Waals surface area contributed by atoms with Crippen molar-refractivity contribution in [2.45, 2.75) is 290 Å². The van der Waals surface area contributed by atoms with Crippen molar-refractivity contribution in [1.29, 1.82) is 0 Å². The number of nitrogens with one attached hydrogen (secondary N) is 1. The summed E-state index contributed by atoms with van der Waals surface area (Å²) in [5.74, 6) is 1.11. The van der Waals surface area contributed by atoms with E-state index >= 15 is 0 Å². The second-order valence-corrected chi connectivity index (χ2v) is 43.3. The molecule has 0 saturated carbocycles. The summed E-state index contributed by atoms with van der Waals surface area (Å²) < 4.78 is 21.7. The molecule has 0 saturated heterocycles. The number of amides is 1. The smallest absolute Gasteiger partial charge is 0.311 e. The van der Waals surface area contributed by atoms with Crippen LogP contribution in [0, 0.1) is 0 Å². The van der Waals surface area contributed by atoms with Gasteiger partial charge in [-0.1, -0.05) is 196 Å². The van der Waals surface area contributed by atoms with Gasteiger partial charge in [0.1, 0.15) is 40.6 Å². The molecule has 17 heteroatoms. The number of phenolic OH excluding ortho intramolecular Hbond substituents is 3. The van der Waals surface area contributed by atoms with Gasteiger partial charge in [0.05, 0.1) is 35.2 Å². The number of halogens is 1. The van der Waals surface area contributed by atoms with Gasteiger partial charge in [0.2, 0.25) is 0 Å². The van der Waals surface area contributed by atoms with E-state index in [9.17, 15) is 29.7 Å². The molecule has 0 spiro atoms. The molecule has 2 atom stereocenters. The number of methoxy groups -OCH3 is 2. The molecule has 7 rings (SSSR count). The third-order valence-corrected chi connectivity index (χ3v) is 21.9. The number of phenols is 3. The Kier molecular flexibility index (Phi) is 28.0. The predicted molar refractivity (Wildman–Crippen MR) is 431 cm³/mol. The van der Waals surface area contributed by atoms with Crippen LogP contribution < -0.4 is 19.5 Å². The summed E-state index contributed by atoms with van der Waals surface area (Å²) in [6.45, 7) is 60.1. The molecule has 1 aliphatic rings. The zero-order valence-corrected chi connectivity index (χ0v) is 70.6. The Hall–Kier alpha value is -5.88. The maximum atomic E-state index is 12.7. The van der Waals surface area contributed by atoms with Crippen LogP contribution >= 0.6 is 58.6 Å². The van der Waals surface area contributed by atoms with Crippen molar-refractivity contribution in [3.05, 3.63) is 158 Å². The summed E-state index contributed by atoms with van der Waals surface area (Å²) in [5, 5.41) is 46.0. The first kappa shape index (κ1) is 86.8. The van der Waals surface area contributed by atoms with E-state index in [-0.39, 0.29) is 76.3 Å². The van der Waals surface area contributed by atoms with Crippen LogP contribution in [0.4, 0.5) is 5.69 Å². The molecular formula is C85H118ClNO11S4. The predicted octanol–water partition coefficient (Wildman–Crippen LogP) is 23.9. The number of hydrogen-bond acceptors (Lipinski definition) is 14. The highest BCUT2D eigenvalue weighted by Gasteiger charge is 2.36. The SMILES string of the molecule is CC(C)(Sc1cc(C(C)(C)C)c(O)c(C(C)(C)C)c1)Sc1cc(C(C)(C)C)c(O)c(C(C)(C)C)c1.CC(C)(Sc1cc(C(C)(C)C)c(O)c(C(C)(C)C)c1)Sc1cc(C(C)(C)C)c(OC(=O)CCC(=O)O)c(C(C)(C)C)c1.COc1cc(NC(=O)C2C=CC(c3ccc(Cl)cc3)O2)cc(OC)c1. The fraction of sp³-hybridized carbons (Fsp3) is 0.518. The number of hydrogen-bond donors (Lipinski definition) is 5. The van der Waals surface area contributed by atoms with Crippen LogP contribution in [0.2, 0.25) is 5.02 Å². The molecule has 1 heterocycles. The second-order valence-electron chi connectivity index (χ2n) is 35.5. The molecule has 6 aromatic rings. The Morgan fingerprint density at radius 3 is 1.00 bits per heavy atom. The van der Waals surface area contributed by atoms with Crippen molar-refractivity contribution in [2.75, 3.05) is 19.5 Å². The van der Waals surface area contributed by atoms with Crippen LogP contribution in [-0.4, -0.2) is 66.8 Å². The number of rotatable bonds is 17. The number of esters is 1. The molecule has 1 aliphatic heterocycles.